The lowest BCUT2D eigenvalue weighted by Crippen LogP contribution is -2.60. The number of hydrogen-bond donors (Lipinski definition) is 9. The van der Waals surface area contributed by atoms with Crippen molar-refractivity contribution in [2.45, 2.75) is 369 Å². The number of rotatable bonds is 24. The fourth-order valence-corrected chi connectivity index (χ4v) is 17.5. The van der Waals surface area contributed by atoms with Crippen molar-refractivity contribution >= 4 is 35.8 Å². The van der Waals surface area contributed by atoms with Gasteiger partial charge >= 0.3 is 17.9 Å². The summed E-state index contributed by atoms with van der Waals surface area (Å²) in [6.07, 6.45) is 4.09. The molecule has 0 aliphatic carbocycles. The van der Waals surface area contributed by atoms with Crippen LogP contribution in [0.5, 0.6) is 17.2 Å². The van der Waals surface area contributed by atoms with Gasteiger partial charge in [-0.15, -0.1) is 0 Å². The number of nitrogens with one attached hydrogen (secondary N) is 6. The van der Waals surface area contributed by atoms with Gasteiger partial charge in [0.05, 0.1) is 19.6 Å². The lowest BCUT2D eigenvalue weighted by molar-refractivity contribution is -0.153. The van der Waals surface area contributed by atoms with Crippen molar-refractivity contribution in [3.05, 3.63) is 86.5 Å². The van der Waals surface area contributed by atoms with Gasteiger partial charge in [0.15, 0.2) is 0 Å². The zero-order chi connectivity index (χ0) is 79.2. The monoisotopic (exact) mass is 1460 g/mol. The Labute approximate surface area is 633 Å². The number of phenols is 3. The molecular weight excluding hydrogens is 1320 g/mol. The summed E-state index contributed by atoms with van der Waals surface area (Å²) >= 11 is 0. The number of aryl methyl sites for hydroxylation is 3. The maximum atomic E-state index is 14.6. The van der Waals surface area contributed by atoms with Gasteiger partial charge in [-0.2, -0.15) is 15.0 Å². The normalized spacial score (nSPS) is 19.6. The van der Waals surface area contributed by atoms with Crippen molar-refractivity contribution in [2.75, 3.05) is 35.6 Å². The Morgan fingerprint density at radius 3 is 0.695 bits per heavy atom. The van der Waals surface area contributed by atoms with Crippen LogP contribution in [-0.4, -0.2) is 119 Å². The van der Waals surface area contributed by atoms with Crippen LogP contribution < -0.4 is 31.9 Å². The van der Waals surface area contributed by atoms with E-state index >= 15 is 0 Å². The lowest BCUT2D eigenvalue weighted by atomic mass is 9.73. The number of piperidine rings is 3. The fraction of sp³-hybridized carbons (Fsp3) is 0.724. The minimum absolute atomic E-state index is 0.0773. The van der Waals surface area contributed by atoms with Gasteiger partial charge < -0.3 is 61.4 Å². The summed E-state index contributed by atoms with van der Waals surface area (Å²) in [5, 5.41) is 56.9. The molecule has 0 radical (unpaired) electrons. The largest absolute Gasteiger partial charge is 0.507 e. The van der Waals surface area contributed by atoms with Crippen LogP contribution in [0.4, 0.5) is 17.8 Å². The molecule has 3 atom stereocenters. The SMILES string of the molecule is CC1(C)CC(C(CNc2nc(NCC(OC(=O)CCc3cc(C(C)(C)C)c(O)c(C(C)(C)C)c3)C3CC(C)(C)NC(C)(C)C3)nc(NCC(OC(=O)CCc3cc(C(C)(C)C)c(O)c(C(C)(C)C)c3)C3CC(C)(C)NC(C)(C)C3)n2)OC(=O)CCc2cc(C(C)(C)C)c(O)c(C(C)(C)C)c2)CC(C)(C)N1. The molecule has 3 fully saturated rings. The zero-order valence-corrected chi connectivity index (χ0v) is 70.7. The van der Waals surface area contributed by atoms with E-state index in [0.717, 1.165) is 88.6 Å². The van der Waals surface area contributed by atoms with Crippen LogP contribution in [0.3, 0.4) is 0 Å². The Morgan fingerprint density at radius 1 is 0.362 bits per heavy atom. The molecule has 3 aromatic carbocycles. The van der Waals surface area contributed by atoms with Crippen molar-refractivity contribution in [3.63, 3.8) is 0 Å². The van der Waals surface area contributed by atoms with Crippen LogP contribution >= 0.6 is 0 Å². The summed E-state index contributed by atoms with van der Waals surface area (Å²) in [7, 11) is 0. The topological polar surface area (TPSA) is 250 Å². The molecular formula is C87H141N9O9. The highest BCUT2D eigenvalue weighted by Gasteiger charge is 2.46. The van der Waals surface area contributed by atoms with Gasteiger partial charge in [0.2, 0.25) is 17.8 Å². The van der Waals surface area contributed by atoms with Crippen LogP contribution in [0.1, 0.15) is 316 Å². The number of anilines is 3. The number of carbonyl (C=O) groups is 3. The summed E-state index contributed by atoms with van der Waals surface area (Å²) < 4.78 is 20.1. The molecule has 3 saturated heterocycles. The van der Waals surface area contributed by atoms with Gasteiger partial charge in [0, 0.05) is 70.2 Å². The molecule has 0 bridgehead atoms. The average molecular weight is 1460 g/mol. The predicted octanol–water partition coefficient (Wildman–Crippen LogP) is 17.3. The molecule has 9 N–H and O–H groups in total. The standard InChI is InChI=1S/C87H141N9O9/c1-76(2,3)58-37-52(38-59(70(58)100)77(4,5)6)31-34-67(97)103-64(55-43-82(19,20)94-83(21,22)44-55)49-88-73-91-74(89-50-65(56-45-84(23,24)95-85(25,26)46-56)104-68(98)35-32-53-39-60(78(7,8)9)71(101)61(40-53)79(10,11)12)93-75(92-73)90-51-66(57-47-86(27,28)96-87(29,30)48-57)105-69(99)36-33-54-41-62(80(13,14)15)72(102)63(42-54)81(16,17)18/h37-42,55-57,64-66,94-96,100-102H,31-36,43-51H2,1-30H3,(H3,88,89,90,91,92,93). The van der Waals surface area contributed by atoms with E-state index in [9.17, 15) is 29.7 Å². The summed E-state index contributed by atoms with van der Waals surface area (Å²) in [6.45, 7) is 64.4. The second-order valence-corrected chi connectivity index (χ2v) is 41.8. The third-order valence-corrected chi connectivity index (χ3v) is 21.3. The van der Waals surface area contributed by atoms with E-state index in [1.807, 2.05) is 36.4 Å². The summed E-state index contributed by atoms with van der Waals surface area (Å²) in [4.78, 5) is 59.0. The van der Waals surface area contributed by atoms with E-state index in [0.29, 0.717) is 36.5 Å². The highest BCUT2D eigenvalue weighted by molar-refractivity contribution is 5.71. The van der Waals surface area contributed by atoms with E-state index in [1.165, 1.54) is 0 Å². The van der Waals surface area contributed by atoms with E-state index in [4.69, 9.17) is 29.2 Å². The smallest absolute Gasteiger partial charge is 0.306 e. The van der Waals surface area contributed by atoms with E-state index in [2.05, 4.69) is 240 Å². The molecule has 4 aromatic rings. The summed E-state index contributed by atoms with van der Waals surface area (Å²) in [5.74, 6) is 0.261. The van der Waals surface area contributed by atoms with Gasteiger partial charge in [-0.1, -0.05) is 161 Å². The minimum Gasteiger partial charge on any atom is -0.507 e. The third kappa shape index (κ3) is 24.4. The van der Waals surface area contributed by atoms with Crippen LogP contribution in [0.15, 0.2) is 36.4 Å². The molecule has 0 saturated carbocycles. The number of carbonyl (C=O) groups excluding carboxylic acids is 3. The van der Waals surface area contributed by atoms with Gasteiger partial charge in [-0.25, -0.2) is 0 Å². The number of ether oxygens (including phenoxy) is 3. The Morgan fingerprint density at radius 2 is 0.533 bits per heavy atom. The quantitative estimate of drug-likeness (QED) is 0.0234. The molecule has 588 valence electrons. The first-order valence-electron chi connectivity index (χ1n) is 39.1. The molecule has 0 spiro atoms. The van der Waals surface area contributed by atoms with Crippen molar-refractivity contribution in [3.8, 4) is 17.2 Å². The van der Waals surface area contributed by atoms with Gasteiger partial charge in [0.1, 0.15) is 35.6 Å². The first kappa shape index (κ1) is 86.0. The van der Waals surface area contributed by atoms with Crippen LogP contribution in [0.25, 0.3) is 0 Å². The van der Waals surface area contributed by atoms with E-state index in [1.54, 1.807) is 0 Å². The Balaban J connectivity index is 1.26. The second-order valence-electron chi connectivity index (χ2n) is 41.8. The van der Waals surface area contributed by atoms with Crippen molar-refractivity contribution in [2.24, 2.45) is 17.8 Å². The second kappa shape index (κ2) is 31.4. The van der Waals surface area contributed by atoms with Gasteiger partial charge in [0.25, 0.3) is 0 Å². The molecule has 0 amide bonds. The van der Waals surface area contributed by atoms with Gasteiger partial charge in [-0.05, 0) is 223 Å². The van der Waals surface area contributed by atoms with Gasteiger partial charge in [-0.3, -0.25) is 14.4 Å². The van der Waals surface area contributed by atoms with Crippen LogP contribution in [-0.2, 0) is 80.3 Å². The molecule has 3 unspecified atom stereocenters. The summed E-state index contributed by atoms with van der Waals surface area (Å²) in [5.41, 5.74) is 4.11. The fourth-order valence-electron chi connectivity index (χ4n) is 17.5. The zero-order valence-electron chi connectivity index (χ0n) is 70.7. The molecule has 1 aromatic heterocycles. The highest BCUT2D eigenvalue weighted by Crippen LogP contribution is 2.45. The molecule has 105 heavy (non-hydrogen) atoms. The molecule has 4 heterocycles. The van der Waals surface area contributed by atoms with E-state index < -0.39 is 18.3 Å². The first-order valence-corrected chi connectivity index (χ1v) is 39.1. The number of phenolic OH excluding ortho intramolecular Hbond substituents is 3. The predicted molar refractivity (Wildman–Crippen MR) is 428 cm³/mol. The summed E-state index contributed by atoms with van der Waals surface area (Å²) in [6, 6.07) is 12.2. The van der Waals surface area contributed by atoms with Crippen LogP contribution in [0, 0.1) is 17.8 Å². The number of esters is 3. The third-order valence-electron chi connectivity index (χ3n) is 21.3. The number of aromatic nitrogens is 3. The minimum atomic E-state index is -0.619. The number of nitrogens with zero attached hydrogens (tertiary/aromatic N) is 3. The maximum Gasteiger partial charge on any atom is 0.306 e. The van der Waals surface area contributed by atoms with E-state index in [-0.39, 0.29) is 158 Å². The molecule has 18 nitrogen and oxygen atoms in total. The number of aromatic hydroxyl groups is 3. The van der Waals surface area contributed by atoms with Crippen molar-refractivity contribution in [1.82, 2.24) is 30.9 Å². The lowest BCUT2D eigenvalue weighted by Gasteiger charge is -2.48. The molecule has 3 aliphatic rings. The maximum absolute atomic E-state index is 14.6. The number of benzene rings is 3. The molecule has 7 rings (SSSR count). The van der Waals surface area contributed by atoms with Crippen molar-refractivity contribution < 1.29 is 43.9 Å². The Hall–Kier alpha value is -6.24. The Bertz CT molecular complexity index is 3170. The first-order chi connectivity index (χ1) is 47.6. The van der Waals surface area contributed by atoms with Crippen molar-refractivity contribution in [1.29, 1.82) is 0 Å². The molecule has 3 aliphatic heterocycles. The van der Waals surface area contributed by atoms with Crippen LogP contribution in [0.2, 0.25) is 0 Å². The average Bonchev–Trinajstić information content (AvgIpc) is 0.782. The highest BCUT2D eigenvalue weighted by atomic mass is 16.6. The molecule has 18 heteroatoms. The number of hydrogen-bond acceptors (Lipinski definition) is 18. The Kier molecular flexibility index (Phi) is 25.7.